The van der Waals surface area contributed by atoms with E-state index in [-0.39, 0.29) is 11.7 Å². The minimum Gasteiger partial charge on any atom is -0.497 e. The van der Waals surface area contributed by atoms with Crippen LogP contribution in [-0.2, 0) is 4.79 Å². The number of benzene rings is 2. The zero-order valence-electron chi connectivity index (χ0n) is 13.9. The van der Waals surface area contributed by atoms with Gasteiger partial charge in [-0.2, -0.15) is 0 Å². The van der Waals surface area contributed by atoms with Crippen molar-refractivity contribution in [3.05, 3.63) is 64.8 Å². The Bertz CT molecular complexity index is 847. The number of aliphatic imine (C=N–C) groups is 1. The fourth-order valence-electron chi connectivity index (χ4n) is 2.38. The van der Waals surface area contributed by atoms with E-state index in [9.17, 15) is 9.18 Å². The minimum absolute atomic E-state index is 0.0869. The van der Waals surface area contributed by atoms with Crippen LogP contribution in [0.25, 0.3) is 6.08 Å². The van der Waals surface area contributed by atoms with Crippen LogP contribution in [0, 0.1) is 5.82 Å². The molecule has 2 aromatic rings. The topological polar surface area (TPSA) is 41.9 Å². The molecular formula is C19H17FN2O2S. The molecule has 1 fully saturated rings. The van der Waals surface area contributed by atoms with Gasteiger partial charge in [0.2, 0.25) is 0 Å². The lowest BCUT2D eigenvalue weighted by atomic mass is 10.2. The Morgan fingerprint density at radius 3 is 2.68 bits per heavy atom. The maximum absolute atomic E-state index is 13.0. The summed E-state index contributed by atoms with van der Waals surface area (Å²) in [4.78, 5) is 19.3. The molecule has 25 heavy (non-hydrogen) atoms. The zero-order chi connectivity index (χ0) is 17.8. The largest absolute Gasteiger partial charge is 0.497 e. The first-order valence-corrected chi connectivity index (χ1v) is 8.62. The molecule has 1 aliphatic heterocycles. The molecule has 1 saturated heterocycles. The summed E-state index contributed by atoms with van der Waals surface area (Å²) in [6.07, 6.45) is 1.82. The maximum Gasteiger partial charge on any atom is 0.266 e. The van der Waals surface area contributed by atoms with Crippen molar-refractivity contribution in [2.24, 2.45) is 4.99 Å². The fourth-order valence-corrected chi connectivity index (χ4v) is 3.44. The van der Waals surface area contributed by atoms with E-state index < -0.39 is 0 Å². The molecule has 3 rings (SSSR count). The van der Waals surface area contributed by atoms with Crippen molar-refractivity contribution in [2.45, 2.75) is 6.92 Å². The van der Waals surface area contributed by atoms with Gasteiger partial charge >= 0.3 is 0 Å². The SMILES string of the molecule is CCN1C(=O)/C(=C\c2cccc(OC)c2)SC1=Nc1ccc(F)cc1. The third kappa shape index (κ3) is 3.91. The summed E-state index contributed by atoms with van der Waals surface area (Å²) in [6.45, 7) is 2.41. The van der Waals surface area contributed by atoms with Gasteiger partial charge in [-0.15, -0.1) is 0 Å². The first-order valence-electron chi connectivity index (χ1n) is 7.80. The van der Waals surface area contributed by atoms with Crippen molar-refractivity contribution in [3.63, 3.8) is 0 Å². The number of amides is 1. The number of amidine groups is 1. The summed E-state index contributed by atoms with van der Waals surface area (Å²) >= 11 is 1.31. The molecule has 0 N–H and O–H groups in total. The Morgan fingerprint density at radius 1 is 1.24 bits per heavy atom. The van der Waals surface area contributed by atoms with E-state index in [1.165, 1.54) is 23.9 Å². The number of likely N-dealkylation sites (N-methyl/N-ethyl adjacent to an activating group) is 1. The van der Waals surface area contributed by atoms with E-state index in [1.807, 2.05) is 37.3 Å². The normalized spacial score (nSPS) is 17.6. The second kappa shape index (κ2) is 7.53. The summed E-state index contributed by atoms with van der Waals surface area (Å²) in [7, 11) is 1.61. The average molecular weight is 356 g/mol. The van der Waals surface area contributed by atoms with Crippen molar-refractivity contribution in [1.82, 2.24) is 4.90 Å². The van der Waals surface area contributed by atoms with Crippen LogP contribution in [0.3, 0.4) is 0 Å². The molecule has 0 aromatic heterocycles. The fraction of sp³-hybridized carbons (Fsp3) is 0.158. The second-order valence-corrected chi connectivity index (χ2v) is 6.32. The van der Waals surface area contributed by atoms with E-state index in [2.05, 4.69) is 4.99 Å². The van der Waals surface area contributed by atoms with E-state index in [0.29, 0.717) is 22.3 Å². The van der Waals surface area contributed by atoms with Gasteiger partial charge in [-0.05, 0) is 66.7 Å². The number of halogens is 1. The molecule has 0 saturated carbocycles. The van der Waals surface area contributed by atoms with Gasteiger partial charge in [0.15, 0.2) is 5.17 Å². The van der Waals surface area contributed by atoms with Crippen LogP contribution in [0.2, 0.25) is 0 Å². The highest BCUT2D eigenvalue weighted by Gasteiger charge is 2.32. The van der Waals surface area contributed by atoms with Gasteiger partial charge in [0.1, 0.15) is 11.6 Å². The van der Waals surface area contributed by atoms with Crippen LogP contribution in [0.5, 0.6) is 5.75 Å². The Kier molecular flexibility index (Phi) is 5.19. The first-order chi connectivity index (χ1) is 12.1. The quantitative estimate of drug-likeness (QED) is 0.760. The Hall–Kier alpha value is -2.60. The van der Waals surface area contributed by atoms with Crippen LogP contribution in [0.15, 0.2) is 58.4 Å². The molecule has 0 unspecified atom stereocenters. The smallest absolute Gasteiger partial charge is 0.266 e. The zero-order valence-corrected chi connectivity index (χ0v) is 14.7. The van der Waals surface area contributed by atoms with Crippen molar-refractivity contribution >= 4 is 34.6 Å². The molecule has 4 nitrogen and oxygen atoms in total. The minimum atomic E-state index is -0.315. The van der Waals surface area contributed by atoms with Gasteiger partial charge in [0, 0.05) is 6.54 Å². The van der Waals surface area contributed by atoms with Crippen molar-refractivity contribution in [3.8, 4) is 5.75 Å². The number of nitrogens with zero attached hydrogens (tertiary/aromatic N) is 2. The Morgan fingerprint density at radius 2 is 2.00 bits per heavy atom. The molecule has 0 atom stereocenters. The van der Waals surface area contributed by atoms with Crippen molar-refractivity contribution < 1.29 is 13.9 Å². The van der Waals surface area contributed by atoms with E-state index in [1.54, 1.807) is 24.1 Å². The lowest BCUT2D eigenvalue weighted by Crippen LogP contribution is -2.28. The predicted octanol–water partition coefficient (Wildman–Crippen LogP) is 4.46. The number of carbonyl (C=O) groups is 1. The second-order valence-electron chi connectivity index (χ2n) is 5.31. The van der Waals surface area contributed by atoms with Crippen LogP contribution < -0.4 is 4.74 Å². The summed E-state index contributed by atoms with van der Waals surface area (Å²) in [6, 6.07) is 13.4. The highest BCUT2D eigenvalue weighted by atomic mass is 32.2. The van der Waals surface area contributed by atoms with Gasteiger partial charge in [0.05, 0.1) is 17.7 Å². The van der Waals surface area contributed by atoms with Crippen molar-refractivity contribution in [1.29, 1.82) is 0 Å². The van der Waals surface area contributed by atoms with Crippen LogP contribution in [0.4, 0.5) is 10.1 Å². The molecule has 1 amide bonds. The lowest BCUT2D eigenvalue weighted by Gasteiger charge is -2.11. The molecule has 0 bridgehead atoms. The number of ether oxygens (including phenoxy) is 1. The summed E-state index contributed by atoms with van der Waals surface area (Å²) in [5, 5.41) is 0.591. The monoisotopic (exact) mass is 356 g/mol. The third-order valence-corrected chi connectivity index (χ3v) is 4.65. The van der Waals surface area contributed by atoms with Gasteiger partial charge in [-0.3, -0.25) is 9.69 Å². The van der Waals surface area contributed by atoms with Gasteiger partial charge in [-0.25, -0.2) is 9.38 Å². The van der Waals surface area contributed by atoms with Crippen LogP contribution in [-0.4, -0.2) is 29.6 Å². The van der Waals surface area contributed by atoms with Gasteiger partial charge < -0.3 is 4.74 Å². The Balaban J connectivity index is 1.91. The highest BCUT2D eigenvalue weighted by molar-refractivity contribution is 8.18. The van der Waals surface area contributed by atoms with E-state index in [0.717, 1.165) is 11.3 Å². The molecule has 0 spiro atoms. The summed E-state index contributed by atoms with van der Waals surface area (Å²) in [5.74, 6) is 0.332. The molecule has 0 radical (unpaired) electrons. The predicted molar refractivity (Wildman–Crippen MR) is 99.4 cm³/mol. The van der Waals surface area contributed by atoms with Crippen molar-refractivity contribution in [2.75, 3.05) is 13.7 Å². The number of hydrogen-bond acceptors (Lipinski definition) is 4. The number of thioether (sulfide) groups is 1. The summed E-state index contributed by atoms with van der Waals surface area (Å²) in [5.41, 5.74) is 1.49. The molecule has 1 heterocycles. The van der Waals surface area contributed by atoms with Gasteiger partial charge in [-0.1, -0.05) is 12.1 Å². The first kappa shape index (κ1) is 17.2. The third-order valence-electron chi connectivity index (χ3n) is 3.65. The molecule has 2 aromatic carbocycles. The highest BCUT2D eigenvalue weighted by Crippen LogP contribution is 2.34. The number of rotatable bonds is 4. The Labute approximate surface area is 150 Å². The number of carbonyl (C=O) groups excluding carboxylic acids is 1. The molecule has 128 valence electrons. The standard InChI is InChI=1S/C19H17FN2O2S/c1-3-22-18(23)17(12-13-5-4-6-16(11-13)24-2)25-19(22)21-15-9-7-14(20)8-10-15/h4-12H,3H2,1-2H3/b17-12+,21-19?. The van der Waals surface area contributed by atoms with E-state index in [4.69, 9.17) is 4.74 Å². The van der Waals surface area contributed by atoms with Crippen LogP contribution in [0.1, 0.15) is 12.5 Å². The van der Waals surface area contributed by atoms with E-state index >= 15 is 0 Å². The van der Waals surface area contributed by atoms with Gasteiger partial charge in [0.25, 0.3) is 5.91 Å². The summed E-state index contributed by atoms with van der Waals surface area (Å²) < 4.78 is 18.2. The lowest BCUT2D eigenvalue weighted by molar-refractivity contribution is -0.122. The maximum atomic E-state index is 13.0. The average Bonchev–Trinajstić information content (AvgIpc) is 2.91. The number of hydrogen-bond donors (Lipinski definition) is 0. The van der Waals surface area contributed by atoms with Crippen LogP contribution >= 0.6 is 11.8 Å². The molecule has 1 aliphatic rings. The molecule has 6 heteroatoms. The number of methoxy groups -OCH3 is 1. The molecule has 0 aliphatic carbocycles. The molecular weight excluding hydrogens is 339 g/mol.